The van der Waals surface area contributed by atoms with Gasteiger partial charge < -0.3 is 9.32 Å². The normalized spacial score (nSPS) is 16.4. The summed E-state index contributed by atoms with van der Waals surface area (Å²) in [6, 6.07) is 9.95. The Bertz CT molecular complexity index is 1320. The summed E-state index contributed by atoms with van der Waals surface area (Å²) in [6.07, 6.45) is 0. The molecule has 32 heavy (non-hydrogen) atoms. The molecule has 2 aromatic carbocycles. The number of benzene rings is 2. The fourth-order valence-corrected chi connectivity index (χ4v) is 6.41. The minimum absolute atomic E-state index is 0.203. The summed E-state index contributed by atoms with van der Waals surface area (Å²) in [5.41, 5.74) is 3.45. The van der Waals surface area contributed by atoms with E-state index in [9.17, 15) is 18.0 Å². The number of amides is 1. The van der Waals surface area contributed by atoms with Crippen molar-refractivity contribution in [3.63, 3.8) is 0 Å². The predicted octanol–water partition coefficient (Wildman–Crippen LogP) is 2.61. The number of carbonyl (C=O) groups is 1. The molecule has 4 rings (SSSR count). The Labute approximate surface area is 187 Å². The van der Waals surface area contributed by atoms with E-state index in [0.717, 1.165) is 16.7 Å². The number of rotatable bonds is 4. The predicted molar refractivity (Wildman–Crippen MR) is 121 cm³/mol. The zero-order chi connectivity index (χ0) is 23.2. The van der Waals surface area contributed by atoms with Crippen molar-refractivity contribution >= 4 is 27.0 Å². The van der Waals surface area contributed by atoms with Gasteiger partial charge in [0.2, 0.25) is 15.9 Å². The molecule has 170 valence electrons. The van der Waals surface area contributed by atoms with E-state index in [2.05, 4.69) is 0 Å². The van der Waals surface area contributed by atoms with E-state index in [1.165, 1.54) is 8.87 Å². The van der Waals surface area contributed by atoms with Crippen LogP contribution in [0.1, 0.15) is 29.7 Å². The third kappa shape index (κ3) is 3.75. The lowest BCUT2D eigenvalue weighted by atomic mass is 10.1. The van der Waals surface area contributed by atoms with Crippen molar-refractivity contribution in [2.45, 2.75) is 38.6 Å². The van der Waals surface area contributed by atoms with Gasteiger partial charge in [0.25, 0.3) is 0 Å². The van der Waals surface area contributed by atoms with Crippen LogP contribution in [0.25, 0.3) is 11.1 Å². The first kappa shape index (κ1) is 22.3. The third-order valence-electron chi connectivity index (χ3n) is 6.02. The van der Waals surface area contributed by atoms with Gasteiger partial charge in [0.05, 0.1) is 10.4 Å². The molecule has 1 aliphatic heterocycles. The second-order valence-corrected chi connectivity index (χ2v) is 10.2. The number of hydrogen-bond donors (Lipinski definition) is 0. The van der Waals surface area contributed by atoms with Gasteiger partial charge in [0.15, 0.2) is 5.58 Å². The topological polar surface area (TPSA) is 92.8 Å². The van der Waals surface area contributed by atoms with Crippen molar-refractivity contribution in [2.24, 2.45) is 0 Å². The molecular weight excluding hydrogens is 430 g/mol. The lowest BCUT2D eigenvalue weighted by Crippen LogP contribution is -2.52. The summed E-state index contributed by atoms with van der Waals surface area (Å²) in [6.45, 7) is 8.14. The number of piperazine rings is 1. The van der Waals surface area contributed by atoms with Crippen LogP contribution in [0, 0.1) is 20.8 Å². The van der Waals surface area contributed by atoms with Crippen molar-refractivity contribution in [1.29, 1.82) is 0 Å². The molecule has 0 unspecified atom stereocenters. The molecule has 1 saturated heterocycles. The summed E-state index contributed by atoms with van der Waals surface area (Å²) in [4.78, 5) is 27.4. The molecule has 1 aromatic heterocycles. The average molecular weight is 458 g/mol. The molecule has 0 radical (unpaired) electrons. The van der Waals surface area contributed by atoms with Gasteiger partial charge in [-0.05, 0) is 51.0 Å². The standard InChI is InChI=1S/C23H27N3O5S/c1-15-13-16(2)21(17(3)14-15)32(29,30)25-11-9-24(10-12-25)22(27)18(4)26-19-7-5-6-8-20(19)31-23(26)28/h5-8,13-14,18H,9-12H2,1-4H3/t18-/m0/s1. The SMILES string of the molecule is Cc1cc(C)c(S(=O)(=O)N2CCN(C(=O)[C@H](C)n3c(=O)oc4ccccc43)CC2)c(C)c1. The maximum Gasteiger partial charge on any atom is 0.420 e. The van der Waals surface area contributed by atoms with Crippen molar-refractivity contribution in [2.75, 3.05) is 26.2 Å². The molecule has 1 fully saturated rings. The Morgan fingerprint density at radius 3 is 2.22 bits per heavy atom. The summed E-state index contributed by atoms with van der Waals surface area (Å²) >= 11 is 0. The number of fused-ring (bicyclic) bond motifs is 1. The average Bonchev–Trinajstić information content (AvgIpc) is 3.07. The zero-order valence-electron chi connectivity index (χ0n) is 18.7. The first-order valence-corrected chi connectivity index (χ1v) is 12.0. The van der Waals surface area contributed by atoms with E-state index >= 15 is 0 Å². The van der Waals surface area contributed by atoms with Crippen molar-refractivity contribution < 1.29 is 17.6 Å². The first-order chi connectivity index (χ1) is 15.1. The van der Waals surface area contributed by atoms with Gasteiger partial charge in [-0.2, -0.15) is 4.31 Å². The summed E-state index contributed by atoms with van der Waals surface area (Å²) < 4.78 is 34.6. The highest BCUT2D eigenvalue weighted by atomic mass is 32.2. The molecule has 0 bridgehead atoms. The number of hydrogen-bond acceptors (Lipinski definition) is 5. The molecule has 1 aliphatic rings. The maximum atomic E-state index is 13.3. The van der Waals surface area contributed by atoms with E-state index in [4.69, 9.17) is 4.42 Å². The molecule has 8 nitrogen and oxygen atoms in total. The molecule has 0 saturated carbocycles. The van der Waals surface area contributed by atoms with Crippen LogP contribution in [-0.2, 0) is 14.8 Å². The quantitative estimate of drug-likeness (QED) is 0.600. The van der Waals surface area contributed by atoms with E-state index in [0.29, 0.717) is 16.0 Å². The van der Waals surface area contributed by atoms with E-state index in [1.807, 2.05) is 19.1 Å². The number of sulfonamides is 1. The third-order valence-corrected chi connectivity index (χ3v) is 8.22. The number of aromatic nitrogens is 1. The van der Waals surface area contributed by atoms with Crippen LogP contribution >= 0.6 is 0 Å². The fourth-order valence-electron chi connectivity index (χ4n) is 4.58. The largest absolute Gasteiger partial charge is 0.420 e. The summed E-state index contributed by atoms with van der Waals surface area (Å²) in [7, 11) is -3.66. The second kappa shape index (κ2) is 8.22. The Kier molecular flexibility index (Phi) is 5.72. The smallest absolute Gasteiger partial charge is 0.408 e. The number of aryl methyl sites for hydroxylation is 3. The van der Waals surface area contributed by atoms with Crippen LogP contribution in [0.5, 0.6) is 0 Å². The van der Waals surface area contributed by atoms with Crippen LogP contribution in [0.4, 0.5) is 0 Å². The molecule has 1 amide bonds. The number of para-hydroxylation sites is 2. The molecule has 9 heteroatoms. The van der Waals surface area contributed by atoms with Crippen LogP contribution in [0.2, 0.25) is 0 Å². The lowest BCUT2D eigenvalue weighted by molar-refractivity contribution is -0.135. The molecule has 3 aromatic rings. The molecule has 0 N–H and O–H groups in total. The van der Waals surface area contributed by atoms with Gasteiger partial charge in [0, 0.05) is 26.2 Å². The number of oxazole rings is 1. The minimum Gasteiger partial charge on any atom is -0.408 e. The Balaban J connectivity index is 1.52. The van der Waals surface area contributed by atoms with Crippen molar-refractivity contribution in [3.05, 3.63) is 63.6 Å². The molecule has 0 spiro atoms. The van der Waals surface area contributed by atoms with E-state index in [-0.39, 0.29) is 32.1 Å². The van der Waals surface area contributed by atoms with Crippen molar-refractivity contribution in [1.82, 2.24) is 13.8 Å². The van der Waals surface area contributed by atoms with Gasteiger partial charge in [-0.3, -0.25) is 9.36 Å². The first-order valence-electron chi connectivity index (χ1n) is 10.6. The van der Waals surface area contributed by atoms with Gasteiger partial charge in [-0.1, -0.05) is 29.8 Å². The second-order valence-electron chi connectivity index (χ2n) is 8.34. The van der Waals surface area contributed by atoms with Gasteiger partial charge in [0.1, 0.15) is 6.04 Å². The fraction of sp³-hybridized carbons (Fsp3) is 0.391. The molecule has 1 atom stereocenters. The van der Waals surface area contributed by atoms with Crippen LogP contribution in [0.15, 0.2) is 50.5 Å². The number of carbonyl (C=O) groups excluding carboxylic acids is 1. The van der Waals surface area contributed by atoms with Gasteiger partial charge in [-0.25, -0.2) is 13.2 Å². The molecular formula is C23H27N3O5S. The monoisotopic (exact) mass is 457 g/mol. The summed E-state index contributed by atoms with van der Waals surface area (Å²) in [5.74, 6) is -0.822. The summed E-state index contributed by atoms with van der Waals surface area (Å²) in [5, 5.41) is 0. The number of nitrogens with zero attached hydrogens (tertiary/aromatic N) is 3. The highest BCUT2D eigenvalue weighted by Gasteiger charge is 2.34. The highest BCUT2D eigenvalue weighted by Crippen LogP contribution is 2.26. The van der Waals surface area contributed by atoms with Gasteiger partial charge >= 0.3 is 5.76 Å². The lowest BCUT2D eigenvalue weighted by Gasteiger charge is -2.35. The Hall–Kier alpha value is -2.91. The van der Waals surface area contributed by atoms with Crippen molar-refractivity contribution in [3.8, 4) is 0 Å². The Morgan fingerprint density at radius 1 is 1.00 bits per heavy atom. The molecule has 0 aliphatic carbocycles. The van der Waals surface area contributed by atoms with E-state index in [1.54, 1.807) is 49.9 Å². The van der Waals surface area contributed by atoms with Crippen LogP contribution in [-0.4, -0.2) is 54.3 Å². The Morgan fingerprint density at radius 2 is 1.59 bits per heavy atom. The molecule has 2 heterocycles. The maximum absolute atomic E-state index is 13.3. The van der Waals surface area contributed by atoms with Crippen LogP contribution in [0.3, 0.4) is 0 Å². The highest BCUT2D eigenvalue weighted by molar-refractivity contribution is 7.89. The zero-order valence-corrected chi connectivity index (χ0v) is 19.5. The van der Waals surface area contributed by atoms with Gasteiger partial charge in [-0.15, -0.1) is 0 Å². The van der Waals surface area contributed by atoms with Crippen LogP contribution < -0.4 is 5.76 Å². The van der Waals surface area contributed by atoms with E-state index < -0.39 is 21.8 Å². The minimum atomic E-state index is -3.66.